The molecule has 0 saturated carbocycles. The Labute approximate surface area is 65.7 Å². The first-order valence-corrected chi connectivity index (χ1v) is 3.54. The molecule has 0 aromatic carbocycles. The largest absolute Gasteiger partial charge is 0.469 e. The molecule has 1 atom stereocenters. The van der Waals surface area contributed by atoms with E-state index < -0.39 is 5.54 Å². The lowest BCUT2D eigenvalue weighted by Gasteiger charge is -2.41. The van der Waals surface area contributed by atoms with Gasteiger partial charge >= 0.3 is 5.97 Å². The van der Waals surface area contributed by atoms with E-state index in [1.165, 1.54) is 7.11 Å². The first-order valence-electron chi connectivity index (χ1n) is 3.54. The Kier molecular flexibility index (Phi) is 2.15. The SMILES string of the molecule is COC(=O)C(C)C1(N)COC1. The lowest BCUT2D eigenvalue weighted by Crippen LogP contribution is -2.63. The second kappa shape index (κ2) is 2.79. The van der Waals surface area contributed by atoms with Gasteiger partial charge in [-0.3, -0.25) is 4.79 Å². The van der Waals surface area contributed by atoms with E-state index in [1.807, 2.05) is 0 Å². The van der Waals surface area contributed by atoms with Crippen LogP contribution in [0.3, 0.4) is 0 Å². The molecule has 1 aliphatic rings. The van der Waals surface area contributed by atoms with Crippen molar-refractivity contribution in [1.82, 2.24) is 0 Å². The van der Waals surface area contributed by atoms with E-state index in [0.29, 0.717) is 13.2 Å². The summed E-state index contributed by atoms with van der Waals surface area (Å²) in [5, 5.41) is 0. The van der Waals surface area contributed by atoms with Crippen LogP contribution in [0.2, 0.25) is 0 Å². The second-order valence-electron chi connectivity index (χ2n) is 2.97. The van der Waals surface area contributed by atoms with Crippen molar-refractivity contribution in [2.75, 3.05) is 20.3 Å². The van der Waals surface area contributed by atoms with Crippen LogP contribution in [0.4, 0.5) is 0 Å². The van der Waals surface area contributed by atoms with Crippen LogP contribution in [-0.2, 0) is 14.3 Å². The van der Waals surface area contributed by atoms with Gasteiger partial charge in [-0.2, -0.15) is 0 Å². The van der Waals surface area contributed by atoms with Gasteiger partial charge in [-0.05, 0) is 6.92 Å². The summed E-state index contributed by atoms with van der Waals surface area (Å²) < 4.78 is 9.48. The molecule has 0 bridgehead atoms. The van der Waals surface area contributed by atoms with Crippen molar-refractivity contribution in [1.29, 1.82) is 0 Å². The molecule has 1 heterocycles. The van der Waals surface area contributed by atoms with Gasteiger partial charge in [0.1, 0.15) is 0 Å². The van der Waals surface area contributed by atoms with E-state index in [1.54, 1.807) is 6.92 Å². The minimum Gasteiger partial charge on any atom is -0.469 e. The Morgan fingerprint density at radius 2 is 2.27 bits per heavy atom. The van der Waals surface area contributed by atoms with Gasteiger partial charge in [0.05, 0.1) is 31.8 Å². The van der Waals surface area contributed by atoms with E-state index in [2.05, 4.69) is 4.74 Å². The van der Waals surface area contributed by atoms with Crippen molar-refractivity contribution in [3.8, 4) is 0 Å². The summed E-state index contributed by atoms with van der Waals surface area (Å²) in [6, 6.07) is 0. The number of ether oxygens (including phenoxy) is 2. The van der Waals surface area contributed by atoms with Crippen molar-refractivity contribution in [3.05, 3.63) is 0 Å². The number of hydrogen-bond acceptors (Lipinski definition) is 4. The lowest BCUT2D eigenvalue weighted by atomic mass is 9.84. The second-order valence-corrected chi connectivity index (χ2v) is 2.97. The van der Waals surface area contributed by atoms with Gasteiger partial charge in [-0.1, -0.05) is 0 Å². The Bertz CT molecular complexity index is 165. The van der Waals surface area contributed by atoms with Crippen molar-refractivity contribution in [2.45, 2.75) is 12.5 Å². The Morgan fingerprint density at radius 3 is 2.55 bits per heavy atom. The topological polar surface area (TPSA) is 61.5 Å². The summed E-state index contributed by atoms with van der Waals surface area (Å²) in [5.41, 5.74) is 5.30. The molecule has 0 aromatic rings. The molecule has 0 spiro atoms. The monoisotopic (exact) mass is 159 g/mol. The molecule has 1 rings (SSSR count). The van der Waals surface area contributed by atoms with E-state index in [4.69, 9.17) is 10.5 Å². The molecule has 4 heteroatoms. The minimum absolute atomic E-state index is 0.268. The number of methoxy groups -OCH3 is 1. The highest BCUT2D eigenvalue weighted by atomic mass is 16.5. The van der Waals surface area contributed by atoms with Crippen LogP contribution in [0, 0.1) is 5.92 Å². The molecular weight excluding hydrogens is 146 g/mol. The third-order valence-electron chi connectivity index (χ3n) is 2.16. The first kappa shape index (κ1) is 8.49. The molecule has 4 nitrogen and oxygen atoms in total. The fourth-order valence-electron chi connectivity index (χ4n) is 0.999. The Balaban J connectivity index is 2.52. The van der Waals surface area contributed by atoms with Crippen molar-refractivity contribution in [2.24, 2.45) is 11.7 Å². The van der Waals surface area contributed by atoms with Crippen molar-refractivity contribution >= 4 is 5.97 Å². The average Bonchev–Trinajstić information content (AvgIpc) is 1.97. The van der Waals surface area contributed by atoms with Crippen LogP contribution in [0.1, 0.15) is 6.92 Å². The summed E-state index contributed by atoms with van der Waals surface area (Å²) in [6.45, 7) is 2.65. The zero-order chi connectivity index (χ0) is 8.48. The third kappa shape index (κ3) is 1.36. The fraction of sp³-hybridized carbons (Fsp3) is 0.857. The highest BCUT2D eigenvalue weighted by Crippen LogP contribution is 2.23. The fourth-order valence-corrected chi connectivity index (χ4v) is 0.999. The number of carbonyl (C=O) groups excluding carboxylic acids is 1. The Morgan fingerprint density at radius 1 is 1.73 bits per heavy atom. The quantitative estimate of drug-likeness (QED) is 0.553. The molecule has 1 saturated heterocycles. The summed E-state index contributed by atoms with van der Waals surface area (Å²) >= 11 is 0. The maximum atomic E-state index is 11.0. The number of rotatable bonds is 2. The van der Waals surface area contributed by atoms with Crippen LogP contribution < -0.4 is 5.73 Å². The number of esters is 1. The molecule has 0 aromatic heterocycles. The maximum absolute atomic E-state index is 11.0. The van der Waals surface area contributed by atoms with Crippen molar-refractivity contribution in [3.63, 3.8) is 0 Å². The third-order valence-corrected chi connectivity index (χ3v) is 2.16. The zero-order valence-electron chi connectivity index (χ0n) is 6.79. The van der Waals surface area contributed by atoms with Crippen LogP contribution >= 0.6 is 0 Å². The number of hydrogen-bond donors (Lipinski definition) is 1. The summed E-state index contributed by atoms with van der Waals surface area (Å²) in [7, 11) is 1.36. The molecule has 0 aliphatic carbocycles. The number of nitrogens with two attached hydrogens (primary N) is 1. The highest BCUT2D eigenvalue weighted by molar-refractivity contribution is 5.73. The standard InChI is InChI=1S/C7H13NO3/c1-5(6(9)10-2)7(8)3-11-4-7/h5H,3-4,8H2,1-2H3. The Hall–Kier alpha value is -0.610. The normalized spacial score (nSPS) is 23.5. The predicted molar refractivity (Wildman–Crippen MR) is 38.9 cm³/mol. The number of carbonyl (C=O) groups is 1. The molecule has 0 radical (unpaired) electrons. The molecule has 1 aliphatic heterocycles. The van der Waals surface area contributed by atoms with Gasteiger partial charge in [0.2, 0.25) is 0 Å². The lowest BCUT2D eigenvalue weighted by molar-refractivity contribution is -0.157. The molecule has 11 heavy (non-hydrogen) atoms. The van der Waals surface area contributed by atoms with Gasteiger partial charge in [0.25, 0.3) is 0 Å². The smallest absolute Gasteiger partial charge is 0.310 e. The van der Waals surface area contributed by atoms with Crippen LogP contribution in [-0.4, -0.2) is 31.8 Å². The molecule has 1 fully saturated rings. The molecule has 64 valence electrons. The zero-order valence-corrected chi connectivity index (χ0v) is 6.79. The van der Waals surface area contributed by atoms with E-state index in [0.717, 1.165) is 0 Å². The molecule has 2 N–H and O–H groups in total. The highest BCUT2D eigenvalue weighted by Gasteiger charge is 2.43. The predicted octanol–water partition coefficient (Wildman–Crippen LogP) is -0.477. The van der Waals surface area contributed by atoms with Crippen LogP contribution in [0.15, 0.2) is 0 Å². The average molecular weight is 159 g/mol. The maximum Gasteiger partial charge on any atom is 0.310 e. The van der Waals surface area contributed by atoms with Gasteiger partial charge in [-0.15, -0.1) is 0 Å². The van der Waals surface area contributed by atoms with Gasteiger partial charge < -0.3 is 15.2 Å². The first-order chi connectivity index (χ1) is 5.10. The van der Waals surface area contributed by atoms with E-state index in [-0.39, 0.29) is 11.9 Å². The summed E-state index contributed by atoms with van der Waals surface area (Å²) in [4.78, 5) is 11.0. The van der Waals surface area contributed by atoms with E-state index in [9.17, 15) is 4.79 Å². The van der Waals surface area contributed by atoms with Crippen LogP contribution in [0.5, 0.6) is 0 Å². The van der Waals surface area contributed by atoms with Gasteiger partial charge in [0.15, 0.2) is 0 Å². The van der Waals surface area contributed by atoms with Gasteiger partial charge in [0, 0.05) is 0 Å². The summed E-state index contributed by atoms with van der Waals surface area (Å²) in [5.74, 6) is -0.544. The van der Waals surface area contributed by atoms with Gasteiger partial charge in [-0.25, -0.2) is 0 Å². The summed E-state index contributed by atoms with van der Waals surface area (Å²) in [6.07, 6.45) is 0. The molecule has 0 amide bonds. The molecule has 1 unspecified atom stereocenters. The molecular formula is C7H13NO3. The van der Waals surface area contributed by atoms with Crippen molar-refractivity contribution < 1.29 is 14.3 Å². The van der Waals surface area contributed by atoms with E-state index >= 15 is 0 Å². The van der Waals surface area contributed by atoms with Crippen LogP contribution in [0.25, 0.3) is 0 Å². The minimum atomic E-state index is -0.493.